The van der Waals surface area contributed by atoms with Gasteiger partial charge < -0.3 is 19.3 Å². The molecule has 0 spiro atoms. The van der Waals surface area contributed by atoms with E-state index in [0.29, 0.717) is 24.6 Å². The predicted octanol–water partition coefficient (Wildman–Crippen LogP) is 2.86. The van der Waals surface area contributed by atoms with Gasteiger partial charge in [0.05, 0.1) is 31.5 Å². The first-order chi connectivity index (χ1) is 14.3. The van der Waals surface area contributed by atoms with Crippen molar-refractivity contribution >= 4 is 27.5 Å². The summed E-state index contributed by atoms with van der Waals surface area (Å²) in [6.45, 7) is 5.06. The molecule has 1 amide bonds. The number of hydrogen-bond donors (Lipinski definition) is 1. The van der Waals surface area contributed by atoms with E-state index >= 15 is 0 Å². The van der Waals surface area contributed by atoms with E-state index in [1.165, 1.54) is 4.70 Å². The van der Waals surface area contributed by atoms with Crippen molar-refractivity contribution in [2.75, 3.05) is 34.9 Å². The number of carbonyl (C=O) groups excluding carboxylic acids is 1. The minimum Gasteiger partial charge on any atom is -0.493 e. The van der Waals surface area contributed by atoms with Crippen LogP contribution in [-0.2, 0) is 11.3 Å². The fourth-order valence-corrected chi connectivity index (χ4v) is 4.46. The minimum absolute atomic E-state index is 0.0923. The molecule has 0 saturated heterocycles. The summed E-state index contributed by atoms with van der Waals surface area (Å²) >= 11 is 1.70. The van der Waals surface area contributed by atoms with E-state index in [2.05, 4.69) is 13.0 Å². The Bertz CT molecular complexity index is 1000. The van der Waals surface area contributed by atoms with E-state index in [-0.39, 0.29) is 11.9 Å². The molecule has 1 N–H and O–H groups in total. The summed E-state index contributed by atoms with van der Waals surface area (Å²) in [5.41, 5.74) is 3.13. The number of nitrogens with zero attached hydrogens (tertiary/aromatic N) is 2. The molecule has 3 aromatic rings. The monoisotopic (exact) mass is 428 g/mol. The number of methoxy groups -OCH3 is 2. The number of hydrogen-bond acceptors (Lipinski definition) is 5. The fraction of sp³-hybridized carbons (Fsp3) is 0.391. The van der Waals surface area contributed by atoms with Crippen LogP contribution in [0.25, 0.3) is 10.2 Å². The predicted molar refractivity (Wildman–Crippen MR) is 121 cm³/mol. The number of carbonyl (C=O) groups is 1. The van der Waals surface area contributed by atoms with Gasteiger partial charge in [-0.05, 0) is 49.2 Å². The summed E-state index contributed by atoms with van der Waals surface area (Å²) < 4.78 is 11.9. The minimum atomic E-state index is 0.0923. The third-order valence-electron chi connectivity index (χ3n) is 5.53. The molecular weight excluding hydrogens is 398 g/mol. The molecule has 2 aromatic carbocycles. The Labute approximate surface area is 182 Å². The summed E-state index contributed by atoms with van der Waals surface area (Å²) in [7, 11) is 7.13. The number of aromatic nitrogens is 1. The van der Waals surface area contributed by atoms with Gasteiger partial charge in [-0.25, -0.2) is 4.98 Å². The molecule has 0 radical (unpaired) electrons. The largest absolute Gasteiger partial charge is 0.493 e. The third kappa shape index (κ3) is 4.74. The Balaban J connectivity index is 1.66. The molecule has 1 unspecified atom stereocenters. The summed E-state index contributed by atoms with van der Waals surface area (Å²) in [6, 6.07) is 12.2. The van der Waals surface area contributed by atoms with Crippen molar-refractivity contribution in [2.45, 2.75) is 26.4 Å². The second-order valence-corrected chi connectivity index (χ2v) is 8.71. The molecule has 30 heavy (non-hydrogen) atoms. The molecule has 0 fully saturated rings. The highest BCUT2D eigenvalue weighted by Gasteiger charge is 2.24. The lowest BCUT2D eigenvalue weighted by Crippen LogP contribution is -3.10. The van der Waals surface area contributed by atoms with E-state index < -0.39 is 0 Å². The number of aryl methyl sites for hydroxylation is 1. The Morgan fingerprint density at radius 2 is 1.87 bits per heavy atom. The number of thiazole rings is 1. The number of nitrogens with one attached hydrogen (secondary N) is 1. The Kier molecular flexibility index (Phi) is 6.95. The van der Waals surface area contributed by atoms with E-state index in [1.54, 1.807) is 30.5 Å². The van der Waals surface area contributed by atoms with Crippen LogP contribution in [0.1, 0.15) is 29.1 Å². The molecule has 0 aliphatic heterocycles. The Morgan fingerprint density at radius 3 is 2.53 bits per heavy atom. The zero-order chi connectivity index (χ0) is 21.8. The summed E-state index contributed by atoms with van der Waals surface area (Å²) in [6.07, 6.45) is 0. The SMILES string of the molecule is COc1cc(C)c(CN(C)C(=O)C[NH+](C)[C@H](C)c2nc3ccccc3s2)cc1OC. The van der Waals surface area contributed by atoms with E-state index in [0.717, 1.165) is 26.6 Å². The molecular formula is C23H30N3O3S+. The van der Waals surface area contributed by atoms with Crippen LogP contribution in [0.5, 0.6) is 11.5 Å². The summed E-state index contributed by atoms with van der Waals surface area (Å²) in [5, 5.41) is 1.06. The van der Waals surface area contributed by atoms with Crippen molar-refractivity contribution in [2.24, 2.45) is 0 Å². The molecule has 1 heterocycles. The van der Waals surface area contributed by atoms with Gasteiger partial charge in [0.25, 0.3) is 5.91 Å². The van der Waals surface area contributed by atoms with Crippen LogP contribution in [0.15, 0.2) is 36.4 Å². The molecule has 1 aromatic heterocycles. The van der Waals surface area contributed by atoms with Crippen LogP contribution < -0.4 is 14.4 Å². The third-order valence-corrected chi connectivity index (χ3v) is 6.74. The standard InChI is InChI=1S/C23H29N3O3S/c1-15-11-19(28-5)20(29-6)12-17(15)13-26(4)22(27)14-25(3)16(2)23-24-18-9-7-8-10-21(18)30-23/h7-12,16H,13-14H2,1-6H3/p+1/t16-/m1/s1. The van der Waals surface area contributed by atoms with E-state index in [9.17, 15) is 4.79 Å². The first-order valence-electron chi connectivity index (χ1n) is 9.97. The molecule has 2 atom stereocenters. The average Bonchev–Trinajstić information content (AvgIpc) is 3.18. The first kappa shape index (κ1) is 22.1. The lowest BCUT2D eigenvalue weighted by Gasteiger charge is -2.24. The summed E-state index contributed by atoms with van der Waals surface area (Å²) in [4.78, 5) is 20.5. The van der Waals surface area contributed by atoms with Crippen molar-refractivity contribution < 1.29 is 19.2 Å². The van der Waals surface area contributed by atoms with Crippen molar-refractivity contribution in [1.29, 1.82) is 0 Å². The molecule has 0 bridgehead atoms. The van der Waals surface area contributed by atoms with Crippen LogP contribution >= 0.6 is 11.3 Å². The Morgan fingerprint density at radius 1 is 1.20 bits per heavy atom. The zero-order valence-electron chi connectivity index (χ0n) is 18.5. The lowest BCUT2D eigenvalue weighted by molar-refractivity contribution is -0.902. The van der Waals surface area contributed by atoms with Gasteiger partial charge in [0.15, 0.2) is 23.1 Å². The van der Waals surface area contributed by atoms with Crippen LogP contribution in [0.3, 0.4) is 0 Å². The maximum Gasteiger partial charge on any atom is 0.277 e. The topological polar surface area (TPSA) is 56.1 Å². The number of amides is 1. The smallest absolute Gasteiger partial charge is 0.277 e. The number of benzene rings is 2. The van der Waals surface area contributed by atoms with Crippen molar-refractivity contribution in [1.82, 2.24) is 9.88 Å². The molecule has 0 saturated carbocycles. The highest BCUT2D eigenvalue weighted by atomic mass is 32.1. The molecule has 0 aliphatic carbocycles. The maximum absolute atomic E-state index is 12.9. The zero-order valence-corrected chi connectivity index (χ0v) is 19.3. The van der Waals surface area contributed by atoms with Gasteiger partial charge in [0, 0.05) is 13.6 Å². The van der Waals surface area contributed by atoms with Crippen LogP contribution in [0.2, 0.25) is 0 Å². The molecule has 7 heteroatoms. The number of para-hydroxylation sites is 1. The van der Waals surface area contributed by atoms with Gasteiger partial charge in [-0.2, -0.15) is 0 Å². The second-order valence-electron chi connectivity index (χ2n) is 7.65. The van der Waals surface area contributed by atoms with Gasteiger partial charge in [-0.15, -0.1) is 11.3 Å². The van der Waals surface area contributed by atoms with Crippen LogP contribution in [-0.4, -0.2) is 50.7 Å². The molecule has 160 valence electrons. The van der Waals surface area contributed by atoms with Gasteiger partial charge in [0.2, 0.25) is 0 Å². The molecule has 0 aliphatic rings. The van der Waals surface area contributed by atoms with E-state index in [1.807, 2.05) is 51.4 Å². The average molecular weight is 429 g/mol. The first-order valence-corrected chi connectivity index (χ1v) is 10.8. The van der Waals surface area contributed by atoms with Crippen LogP contribution in [0, 0.1) is 6.92 Å². The van der Waals surface area contributed by atoms with E-state index in [4.69, 9.17) is 14.5 Å². The lowest BCUT2D eigenvalue weighted by atomic mass is 10.1. The highest BCUT2D eigenvalue weighted by Crippen LogP contribution is 2.30. The normalized spacial score (nSPS) is 13.1. The summed E-state index contributed by atoms with van der Waals surface area (Å²) in [5.74, 6) is 1.46. The number of rotatable bonds is 8. The van der Waals surface area contributed by atoms with Gasteiger partial charge in [-0.3, -0.25) is 4.79 Å². The maximum atomic E-state index is 12.9. The van der Waals surface area contributed by atoms with Gasteiger partial charge in [0.1, 0.15) is 6.04 Å². The number of ether oxygens (including phenoxy) is 2. The quantitative estimate of drug-likeness (QED) is 0.600. The Hall–Kier alpha value is -2.64. The fourth-order valence-electron chi connectivity index (χ4n) is 3.35. The van der Waals surface area contributed by atoms with Crippen molar-refractivity contribution in [3.8, 4) is 11.5 Å². The number of quaternary nitrogens is 1. The van der Waals surface area contributed by atoms with Crippen molar-refractivity contribution in [3.05, 3.63) is 52.5 Å². The molecule has 3 rings (SSSR count). The second kappa shape index (κ2) is 9.45. The van der Waals surface area contributed by atoms with Gasteiger partial charge in [-0.1, -0.05) is 12.1 Å². The molecule has 6 nitrogen and oxygen atoms in total. The number of fused-ring (bicyclic) bond motifs is 1. The number of likely N-dealkylation sites (N-methyl/N-ethyl adjacent to an activating group) is 2. The van der Waals surface area contributed by atoms with Gasteiger partial charge >= 0.3 is 0 Å². The van der Waals surface area contributed by atoms with Crippen LogP contribution in [0.4, 0.5) is 0 Å². The highest BCUT2D eigenvalue weighted by molar-refractivity contribution is 7.18. The van der Waals surface area contributed by atoms with Crippen molar-refractivity contribution in [3.63, 3.8) is 0 Å².